The maximum atomic E-state index is 12.4. The van der Waals surface area contributed by atoms with Gasteiger partial charge in [-0.15, -0.1) is 0 Å². The van der Waals surface area contributed by atoms with E-state index < -0.39 is 17.2 Å². The molecule has 0 fully saturated rings. The molecule has 0 aliphatic rings. The van der Waals surface area contributed by atoms with E-state index in [1.807, 2.05) is 19.0 Å². The molecule has 0 unspecified atom stereocenters. The Morgan fingerprint density at radius 2 is 2.13 bits per heavy atom. The molecule has 8 nitrogen and oxygen atoms in total. The summed E-state index contributed by atoms with van der Waals surface area (Å²) in [5.41, 5.74) is -0.753. The normalized spacial score (nSPS) is 10.7. The van der Waals surface area contributed by atoms with Crippen molar-refractivity contribution in [3.63, 3.8) is 0 Å². The van der Waals surface area contributed by atoms with Gasteiger partial charge < -0.3 is 15.2 Å². The van der Waals surface area contributed by atoms with E-state index in [1.165, 1.54) is 0 Å². The second-order valence-electron chi connectivity index (χ2n) is 5.28. The number of likely N-dealkylation sites (N-methyl/N-ethyl adjacent to an activating group) is 1. The van der Waals surface area contributed by atoms with Crippen LogP contribution in [0.25, 0.3) is 0 Å². The Bertz CT molecular complexity index is 780. The van der Waals surface area contributed by atoms with E-state index in [0.717, 1.165) is 10.8 Å². The van der Waals surface area contributed by atoms with E-state index in [0.29, 0.717) is 18.8 Å². The van der Waals surface area contributed by atoms with Gasteiger partial charge in [-0.1, -0.05) is 6.07 Å². The lowest BCUT2D eigenvalue weighted by Gasteiger charge is -2.11. The highest BCUT2D eigenvalue weighted by Crippen LogP contribution is 1.95. The summed E-state index contributed by atoms with van der Waals surface area (Å²) in [7, 11) is 3.76. The number of pyridine rings is 1. The summed E-state index contributed by atoms with van der Waals surface area (Å²) in [5.74, 6) is -0.511. The number of H-pyrrole nitrogens is 1. The van der Waals surface area contributed by atoms with E-state index in [9.17, 15) is 14.4 Å². The van der Waals surface area contributed by atoms with E-state index >= 15 is 0 Å². The van der Waals surface area contributed by atoms with Crippen LogP contribution in [0.1, 0.15) is 16.1 Å². The highest BCUT2D eigenvalue weighted by molar-refractivity contribution is 5.93. The zero-order valence-corrected chi connectivity index (χ0v) is 13.1. The average Bonchev–Trinajstić information content (AvgIpc) is 2.52. The highest BCUT2D eigenvalue weighted by Gasteiger charge is 2.14. The summed E-state index contributed by atoms with van der Waals surface area (Å²) in [4.78, 5) is 44.7. The molecule has 1 amide bonds. The van der Waals surface area contributed by atoms with Gasteiger partial charge in [0.2, 0.25) is 0 Å². The van der Waals surface area contributed by atoms with Crippen molar-refractivity contribution in [3.05, 3.63) is 62.7 Å². The number of nitrogens with zero attached hydrogens (tertiary/aromatic N) is 3. The fourth-order valence-corrected chi connectivity index (χ4v) is 1.96. The summed E-state index contributed by atoms with van der Waals surface area (Å²) < 4.78 is 0.962. The molecule has 0 aliphatic heterocycles. The molecule has 2 heterocycles. The molecule has 0 aromatic carbocycles. The number of hydrogen-bond acceptors (Lipinski definition) is 5. The maximum absolute atomic E-state index is 12.4. The fraction of sp³-hybridized carbons (Fsp3) is 0.333. The topological polar surface area (TPSA) is 100 Å². The molecule has 0 spiro atoms. The predicted octanol–water partition coefficient (Wildman–Crippen LogP) is -0.729. The average molecular weight is 317 g/mol. The molecule has 2 aromatic rings. The number of carbonyl (C=O) groups excluding carboxylic acids is 1. The third kappa shape index (κ3) is 4.36. The van der Waals surface area contributed by atoms with Crippen LogP contribution in [0.15, 0.2) is 40.2 Å². The zero-order valence-electron chi connectivity index (χ0n) is 13.1. The lowest BCUT2D eigenvalue weighted by Crippen LogP contribution is -2.41. The van der Waals surface area contributed by atoms with Crippen LogP contribution in [-0.2, 0) is 6.54 Å². The van der Waals surface area contributed by atoms with Crippen molar-refractivity contribution >= 4 is 5.91 Å². The number of rotatable bonds is 6. The van der Waals surface area contributed by atoms with E-state index in [2.05, 4.69) is 15.3 Å². The quantitative estimate of drug-likeness (QED) is 0.732. The van der Waals surface area contributed by atoms with Gasteiger partial charge in [0.05, 0.1) is 12.2 Å². The van der Waals surface area contributed by atoms with Gasteiger partial charge in [0.15, 0.2) is 0 Å². The van der Waals surface area contributed by atoms with Crippen molar-refractivity contribution in [3.8, 4) is 0 Å². The van der Waals surface area contributed by atoms with E-state index in [1.54, 1.807) is 24.4 Å². The number of carbonyl (C=O) groups is 1. The lowest BCUT2D eigenvalue weighted by atomic mass is 10.3. The van der Waals surface area contributed by atoms with Crippen LogP contribution in [-0.4, -0.2) is 52.5 Å². The smallest absolute Gasteiger partial charge is 0.328 e. The lowest BCUT2D eigenvalue weighted by molar-refractivity contribution is 0.0948. The fourth-order valence-electron chi connectivity index (χ4n) is 1.96. The highest BCUT2D eigenvalue weighted by atomic mass is 16.2. The second kappa shape index (κ2) is 7.50. The van der Waals surface area contributed by atoms with Gasteiger partial charge in [0.25, 0.3) is 11.5 Å². The predicted molar refractivity (Wildman–Crippen MR) is 85.5 cm³/mol. The van der Waals surface area contributed by atoms with Crippen LogP contribution in [0.4, 0.5) is 0 Å². The molecule has 8 heteroatoms. The molecule has 2 rings (SSSR count). The first-order chi connectivity index (χ1) is 11.0. The van der Waals surface area contributed by atoms with Crippen molar-refractivity contribution in [2.45, 2.75) is 6.54 Å². The second-order valence-corrected chi connectivity index (χ2v) is 5.28. The third-order valence-corrected chi connectivity index (χ3v) is 3.20. The third-order valence-electron chi connectivity index (χ3n) is 3.20. The molecule has 23 heavy (non-hydrogen) atoms. The molecule has 0 bridgehead atoms. The summed E-state index contributed by atoms with van der Waals surface area (Å²) in [6.07, 6.45) is 2.72. The minimum Gasteiger partial charge on any atom is -0.351 e. The first-order valence-electron chi connectivity index (χ1n) is 7.14. The standard InChI is InChI=1S/C15H19N5O3/c1-19(2)8-7-17-13(21)12-9-18-15(23)20(14(12)22)10-11-5-3-4-6-16-11/h3-6,9H,7-8,10H2,1-2H3,(H,17,21)(H,18,23). The summed E-state index contributed by atoms with van der Waals surface area (Å²) in [6, 6.07) is 5.21. The van der Waals surface area contributed by atoms with Gasteiger partial charge in [-0.25, -0.2) is 4.79 Å². The Hall–Kier alpha value is -2.74. The minimum absolute atomic E-state index is 0.00776. The molecule has 0 saturated carbocycles. The number of nitrogens with one attached hydrogen (secondary N) is 2. The molecule has 0 aliphatic carbocycles. The maximum Gasteiger partial charge on any atom is 0.328 e. The molecule has 2 aromatic heterocycles. The van der Waals surface area contributed by atoms with Crippen molar-refractivity contribution in [2.75, 3.05) is 27.2 Å². The molecule has 0 saturated heterocycles. The van der Waals surface area contributed by atoms with Crippen molar-refractivity contribution < 1.29 is 4.79 Å². The SMILES string of the molecule is CN(C)CCNC(=O)c1c[nH]c(=O)n(Cc2ccccn2)c1=O. The molecule has 122 valence electrons. The Labute approximate surface area is 132 Å². The van der Waals surface area contributed by atoms with Gasteiger partial charge in [-0.2, -0.15) is 0 Å². The van der Waals surface area contributed by atoms with Crippen LogP contribution in [0, 0.1) is 0 Å². The van der Waals surface area contributed by atoms with E-state index in [4.69, 9.17) is 0 Å². The molecule has 2 N–H and O–H groups in total. The monoisotopic (exact) mass is 317 g/mol. The molecule has 0 radical (unpaired) electrons. The first kappa shape index (κ1) is 16.6. The van der Waals surface area contributed by atoms with Gasteiger partial charge in [0, 0.05) is 25.5 Å². The Kier molecular flexibility index (Phi) is 5.42. The molecular formula is C15H19N5O3. The summed E-state index contributed by atoms with van der Waals surface area (Å²) >= 11 is 0. The van der Waals surface area contributed by atoms with Gasteiger partial charge in [-0.3, -0.25) is 19.1 Å². The molecule has 0 atom stereocenters. The Morgan fingerprint density at radius 3 is 2.78 bits per heavy atom. The largest absolute Gasteiger partial charge is 0.351 e. The number of hydrogen-bond donors (Lipinski definition) is 2. The van der Waals surface area contributed by atoms with Crippen LogP contribution in [0.2, 0.25) is 0 Å². The van der Waals surface area contributed by atoms with Crippen LogP contribution >= 0.6 is 0 Å². The van der Waals surface area contributed by atoms with Crippen molar-refractivity contribution in [2.24, 2.45) is 0 Å². The summed E-state index contributed by atoms with van der Waals surface area (Å²) in [5, 5.41) is 2.65. The zero-order chi connectivity index (χ0) is 16.8. The van der Waals surface area contributed by atoms with Crippen LogP contribution < -0.4 is 16.6 Å². The van der Waals surface area contributed by atoms with Crippen molar-refractivity contribution in [1.29, 1.82) is 0 Å². The van der Waals surface area contributed by atoms with Gasteiger partial charge in [0.1, 0.15) is 5.56 Å². The van der Waals surface area contributed by atoms with Crippen LogP contribution in [0.5, 0.6) is 0 Å². The first-order valence-corrected chi connectivity index (χ1v) is 7.14. The summed E-state index contributed by atoms with van der Waals surface area (Å²) in [6.45, 7) is 1.07. The Balaban J connectivity index is 2.23. The van der Waals surface area contributed by atoms with Crippen LogP contribution in [0.3, 0.4) is 0 Å². The van der Waals surface area contributed by atoms with Gasteiger partial charge in [-0.05, 0) is 26.2 Å². The number of amides is 1. The minimum atomic E-state index is -0.637. The molecular weight excluding hydrogens is 298 g/mol. The van der Waals surface area contributed by atoms with E-state index in [-0.39, 0.29) is 12.1 Å². The number of aromatic amines is 1. The number of aromatic nitrogens is 3. The van der Waals surface area contributed by atoms with Crippen molar-refractivity contribution in [1.82, 2.24) is 24.8 Å². The van der Waals surface area contributed by atoms with Gasteiger partial charge >= 0.3 is 5.69 Å². The Morgan fingerprint density at radius 1 is 1.35 bits per heavy atom.